The molecule has 0 aliphatic heterocycles. The fraction of sp³-hybridized carbons (Fsp3) is 0.0476. The number of fused-ring (bicyclic) bond motifs is 1. The van der Waals surface area contributed by atoms with Crippen molar-refractivity contribution in [2.45, 2.75) is 0 Å². The third kappa shape index (κ3) is 3.50. The zero-order chi connectivity index (χ0) is 18.6. The van der Waals surface area contributed by atoms with Crippen LogP contribution in [0.1, 0.15) is 0 Å². The molecule has 134 valence electrons. The van der Waals surface area contributed by atoms with E-state index in [9.17, 15) is 4.39 Å². The summed E-state index contributed by atoms with van der Waals surface area (Å²) >= 11 is 0. The van der Waals surface area contributed by atoms with Crippen molar-refractivity contribution in [2.24, 2.45) is 0 Å². The highest BCUT2D eigenvalue weighted by atomic mass is 19.1. The molecule has 5 nitrogen and oxygen atoms in total. The molecule has 0 fully saturated rings. The molecule has 0 saturated heterocycles. The number of benzene rings is 3. The fourth-order valence-corrected chi connectivity index (χ4v) is 2.77. The zero-order valence-corrected chi connectivity index (χ0v) is 14.6. The summed E-state index contributed by atoms with van der Waals surface area (Å²) in [5.74, 6) is 0.343. The molecule has 2 N–H and O–H groups in total. The minimum absolute atomic E-state index is 0.334. The smallest absolute Gasteiger partial charge is 0.148 e. The first-order chi connectivity index (χ1) is 13.2. The van der Waals surface area contributed by atoms with Gasteiger partial charge in [0, 0.05) is 5.56 Å². The lowest BCUT2D eigenvalue weighted by Crippen LogP contribution is -2.10. The van der Waals surface area contributed by atoms with Gasteiger partial charge in [-0.3, -0.25) is 10.4 Å². The molecule has 0 radical (unpaired) electrons. The van der Waals surface area contributed by atoms with Crippen LogP contribution >= 0.6 is 0 Å². The van der Waals surface area contributed by atoms with Gasteiger partial charge in [0.1, 0.15) is 11.6 Å². The van der Waals surface area contributed by atoms with Crippen LogP contribution in [0, 0.1) is 5.82 Å². The third-order valence-electron chi connectivity index (χ3n) is 4.14. The van der Waals surface area contributed by atoms with Gasteiger partial charge in [-0.2, -0.15) is 0 Å². The summed E-state index contributed by atoms with van der Waals surface area (Å²) in [7, 11) is 1.61. The van der Waals surface area contributed by atoms with E-state index in [0.717, 1.165) is 22.3 Å². The molecule has 4 rings (SSSR count). The van der Waals surface area contributed by atoms with E-state index in [1.165, 1.54) is 6.07 Å². The van der Waals surface area contributed by atoms with Crippen molar-refractivity contribution in [3.05, 3.63) is 78.7 Å². The number of hydrogen-bond acceptors (Lipinski definition) is 5. The number of rotatable bonds is 5. The van der Waals surface area contributed by atoms with Crippen molar-refractivity contribution in [2.75, 3.05) is 18.0 Å². The number of para-hydroxylation sites is 3. The predicted octanol–water partition coefficient (Wildman–Crippen LogP) is 4.88. The zero-order valence-electron chi connectivity index (χ0n) is 14.6. The average molecular weight is 360 g/mol. The van der Waals surface area contributed by atoms with Gasteiger partial charge in [0.2, 0.25) is 0 Å². The molecular weight excluding hydrogens is 343 g/mol. The molecule has 1 heterocycles. The Bertz CT molecular complexity index is 1100. The van der Waals surface area contributed by atoms with Crippen LogP contribution in [-0.2, 0) is 0 Å². The molecule has 0 saturated carbocycles. The predicted molar refractivity (Wildman–Crippen MR) is 105 cm³/mol. The van der Waals surface area contributed by atoms with Gasteiger partial charge < -0.3 is 10.2 Å². The summed E-state index contributed by atoms with van der Waals surface area (Å²) in [5.41, 5.74) is 10.1. The van der Waals surface area contributed by atoms with Gasteiger partial charge in [0.05, 0.1) is 41.4 Å². The summed E-state index contributed by atoms with van der Waals surface area (Å²) in [4.78, 5) is 9.14. The lowest BCUT2D eigenvalue weighted by atomic mass is 10.1. The number of ether oxygens (including phenoxy) is 1. The number of hydrogen-bond donors (Lipinski definition) is 2. The lowest BCUT2D eigenvalue weighted by molar-refractivity contribution is 0.416. The Labute approximate surface area is 155 Å². The van der Waals surface area contributed by atoms with Crippen LogP contribution in [0.4, 0.5) is 15.8 Å². The van der Waals surface area contributed by atoms with Gasteiger partial charge in [-0.1, -0.05) is 24.3 Å². The van der Waals surface area contributed by atoms with E-state index in [4.69, 9.17) is 4.74 Å². The second-order valence-electron chi connectivity index (χ2n) is 5.89. The van der Waals surface area contributed by atoms with Crippen LogP contribution < -0.4 is 15.6 Å². The molecule has 0 aliphatic rings. The number of methoxy groups -OCH3 is 1. The maximum atomic E-state index is 13.8. The summed E-state index contributed by atoms with van der Waals surface area (Å²) < 4.78 is 19.2. The first-order valence-corrected chi connectivity index (χ1v) is 8.41. The molecule has 0 atom stereocenters. The highest BCUT2D eigenvalue weighted by Gasteiger charge is 2.10. The van der Waals surface area contributed by atoms with Crippen molar-refractivity contribution in [3.8, 4) is 17.0 Å². The summed E-state index contributed by atoms with van der Waals surface area (Å²) in [6.45, 7) is 0. The molecular formula is C21H17FN4O. The third-order valence-corrected chi connectivity index (χ3v) is 4.14. The van der Waals surface area contributed by atoms with Gasteiger partial charge in [0.25, 0.3) is 0 Å². The Morgan fingerprint density at radius 1 is 0.889 bits per heavy atom. The molecule has 6 heteroatoms. The quantitative estimate of drug-likeness (QED) is 0.497. The minimum atomic E-state index is -0.334. The molecule has 0 amide bonds. The van der Waals surface area contributed by atoms with E-state index in [0.29, 0.717) is 17.1 Å². The molecule has 27 heavy (non-hydrogen) atoms. The van der Waals surface area contributed by atoms with Gasteiger partial charge in [-0.15, -0.1) is 0 Å². The van der Waals surface area contributed by atoms with Crippen LogP contribution in [0.25, 0.3) is 22.3 Å². The van der Waals surface area contributed by atoms with Crippen molar-refractivity contribution in [1.82, 2.24) is 9.97 Å². The number of nitrogens with one attached hydrogen (secondary N) is 2. The van der Waals surface area contributed by atoms with E-state index in [2.05, 4.69) is 20.8 Å². The van der Waals surface area contributed by atoms with Gasteiger partial charge in [0.15, 0.2) is 0 Å². The van der Waals surface area contributed by atoms with E-state index < -0.39 is 0 Å². The Hall–Kier alpha value is -3.67. The standard InChI is InChI=1S/C21H17FN4O/c1-27-21-11-10-14(25-26-17-7-3-2-6-16(17)22)12-15(21)20-13-23-18-8-4-5-9-19(18)24-20/h2-13,25-26H,1H3. The maximum Gasteiger partial charge on any atom is 0.148 e. The molecule has 4 aromatic rings. The van der Waals surface area contributed by atoms with Gasteiger partial charge >= 0.3 is 0 Å². The number of halogens is 1. The molecule has 0 aliphatic carbocycles. The molecule has 1 aromatic heterocycles. The van der Waals surface area contributed by atoms with Crippen LogP contribution in [0.5, 0.6) is 5.75 Å². The van der Waals surface area contributed by atoms with Crippen LogP contribution in [0.2, 0.25) is 0 Å². The van der Waals surface area contributed by atoms with Crippen molar-refractivity contribution in [1.29, 1.82) is 0 Å². The molecule has 0 unspecified atom stereocenters. The van der Waals surface area contributed by atoms with Crippen molar-refractivity contribution >= 4 is 22.4 Å². The van der Waals surface area contributed by atoms with Gasteiger partial charge in [-0.25, -0.2) is 9.37 Å². The van der Waals surface area contributed by atoms with E-state index in [1.807, 2.05) is 42.5 Å². The Balaban J connectivity index is 1.67. The second-order valence-corrected chi connectivity index (χ2v) is 5.89. The lowest BCUT2D eigenvalue weighted by Gasteiger charge is -2.14. The van der Waals surface area contributed by atoms with Gasteiger partial charge in [-0.05, 0) is 42.5 Å². The molecule has 3 aromatic carbocycles. The number of aromatic nitrogens is 2. The first kappa shape index (κ1) is 16.8. The SMILES string of the molecule is COc1ccc(NNc2ccccc2F)cc1-c1cnc2ccccc2n1. The average Bonchev–Trinajstić information content (AvgIpc) is 2.72. The molecule has 0 spiro atoms. The fourth-order valence-electron chi connectivity index (χ4n) is 2.77. The second kappa shape index (κ2) is 7.29. The van der Waals surface area contributed by atoms with E-state index in [1.54, 1.807) is 31.5 Å². The summed E-state index contributed by atoms with van der Waals surface area (Å²) in [6, 6.07) is 19.7. The first-order valence-electron chi connectivity index (χ1n) is 8.41. The number of anilines is 2. The van der Waals surface area contributed by atoms with E-state index in [-0.39, 0.29) is 5.82 Å². The van der Waals surface area contributed by atoms with Crippen LogP contribution in [0.15, 0.2) is 72.9 Å². The highest BCUT2D eigenvalue weighted by molar-refractivity contribution is 5.79. The Morgan fingerprint density at radius 3 is 2.48 bits per heavy atom. The van der Waals surface area contributed by atoms with Crippen molar-refractivity contribution in [3.63, 3.8) is 0 Å². The summed E-state index contributed by atoms with van der Waals surface area (Å²) in [6.07, 6.45) is 1.72. The monoisotopic (exact) mass is 360 g/mol. The normalized spacial score (nSPS) is 10.6. The summed E-state index contributed by atoms with van der Waals surface area (Å²) in [5, 5.41) is 0. The van der Waals surface area contributed by atoms with E-state index >= 15 is 0 Å². The Morgan fingerprint density at radius 2 is 1.67 bits per heavy atom. The Kier molecular flexibility index (Phi) is 4.53. The maximum absolute atomic E-state index is 13.8. The molecule has 0 bridgehead atoms. The van der Waals surface area contributed by atoms with Crippen molar-refractivity contribution < 1.29 is 9.13 Å². The largest absolute Gasteiger partial charge is 0.496 e. The minimum Gasteiger partial charge on any atom is -0.496 e. The van der Waals surface area contributed by atoms with Crippen LogP contribution in [-0.4, -0.2) is 17.1 Å². The number of nitrogens with zero attached hydrogens (tertiary/aromatic N) is 2. The number of hydrazine groups is 1. The topological polar surface area (TPSA) is 59.1 Å². The van der Waals surface area contributed by atoms with Crippen LogP contribution in [0.3, 0.4) is 0 Å². The highest BCUT2D eigenvalue weighted by Crippen LogP contribution is 2.32.